The van der Waals surface area contributed by atoms with E-state index in [-0.39, 0.29) is 59.9 Å². The molecule has 0 saturated heterocycles. The van der Waals surface area contributed by atoms with E-state index in [9.17, 15) is 9.59 Å². The third-order valence-electron chi connectivity index (χ3n) is 10.0. The Balaban J connectivity index is 0.0000130. The van der Waals surface area contributed by atoms with E-state index in [2.05, 4.69) is 47.9 Å². The average Bonchev–Trinajstić information content (AvgIpc) is 3.64. The fourth-order valence-electron chi connectivity index (χ4n) is 6.56. The summed E-state index contributed by atoms with van der Waals surface area (Å²) in [4.78, 5) is 27.1. The average molecular weight is 989 g/mol. The van der Waals surface area contributed by atoms with Crippen molar-refractivity contribution in [3.05, 3.63) is 32.2 Å². The number of hydrogen-bond acceptors (Lipinski definition) is 6. The molecule has 302 valence electrons. The Morgan fingerprint density at radius 2 is 0.808 bits per heavy atom. The van der Waals surface area contributed by atoms with Gasteiger partial charge in [-0.1, -0.05) is 139 Å². The predicted octanol–water partition coefficient (Wildman–Crippen LogP) is 5.28. The van der Waals surface area contributed by atoms with Crippen molar-refractivity contribution < 1.29 is 76.2 Å². The van der Waals surface area contributed by atoms with Crippen molar-refractivity contribution in [2.45, 2.75) is 208 Å². The van der Waals surface area contributed by atoms with E-state index in [0.29, 0.717) is 26.1 Å². The number of nitrogens with zero attached hydrogens (tertiary/aromatic N) is 2. The summed E-state index contributed by atoms with van der Waals surface area (Å²) in [6.07, 6.45) is 30.1. The molecule has 0 aliphatic rings. The maximum absolute atomic E-state index is 12.2. The Bertz CT molecular complexity index is 1070. The summed E-state index contributed by atoms with van der Waals surface area (Å²) in [5.74, 6) is -0.158. The zero-order valence-corrected chi connectivity index (χ0v) is 39.4. The molecule has 0 N–H and O–H groups in total. The number of ether oxygens (including phenoxy) is 2. The minimum absolute atomic E-state index is 0. The van der Waals surface area contributed by atoms with Crippen LogP contribution in [0.25, 0.3) is 0 Å². The van der Waals surface area contributed by atoms with E-state index in [1.807, 2.05) is 0 Å². The monoisotopic (exact) mass is 988 g/mol. The quantitative estimate of drug-likeness (QED) is 0.0423. The van der Waals surface area contributed by atoms with Crippen LogP contribution < -0.4 is 57.1 Å². The number of unbranched alkanes of at least 4 members (excludes halogenated alkanes) is 19. The second kappa shape index (κ2) is 35.1. The zero-order chi connectivity index (χ0) is 36.1. The Morgan fingerprint density at radius 1 is 0.500 bits per heavy atom. The smallest absolute Gasteiger partial charge is 0.305 e. The molecule has 2 heterocycles. The van der Waals surface area contributed by atoms with E-state index in [4.69, 9.17) is 9.47 Å². The SMILES string of the molecule is CCCCCCCCCC[n+]1csc(CCOC(=O)CCCCCCCCC(=O)OCCc2sc[n+](CCCCCCCCCC)c2C)c1C.[I-].[I-]. The maximum atomic E-state index is 12.2. The van der Waals surface area contributed by atoms with Crippen LogP contribution in [-0.2, 0) is 45.0 Å². The van der Waals surface area contributed by atoms with Crippen molar-refractivity contribution in [3.8, 4) is 0 Å². The summed E-state index contributed by atoms with van der Waals surface area (Å²) < 4.78 is 15.8. The van der Waals surface area contributed by atoms with Crippen LogP contribution in [-0.4, -0.2) is 25.2 Å². The van der Waals surface area contributed by atoms with Crippen LogP contribution in [0.1, 0.15) is 189 Å². The lowest BCUT2D eigenvalue weighted by Crippen LogP contribution is -3.00. The van der Waals surface area contributed by atoms with Crippen molar-refractivity contribution in [3.63, 3.8) is 0 Å². The van der Waals surface area contributed by atoms with Crippen molar-refractivity contribution in [1.29, 1.82) is 0 Å². The highest BCUT2D eigenvalue weighted by Gasteiger charge is 2.17. The van der Waals surface area contributed by atoms with Gasteiger partial charge in [0.25, 0.3) is 0 Å². The number of hydrogen-bond donors (Lipinski definition) is 0. The minimum atomic E-state index is -0.0789. The first kappa shape index (κ1) is 51.7. The molecule has 0 atom stereocenters. The van der Waals surface area contributed by atoms with Gasteiger partial charge in [0.05, 0.1) is 23.0 Å². The molecular weight excluding hydrogens is 914 g/mol. The van der Waals surface area contributed by atoms with Crippen LogP contribution in [0.3, 0.4) is 0 Å². The predicted molar refractivity (Wildman–Crippen MR) is 210 cm³/mol. The molecule has 0 bridgehead atoms. The number of esters is 2. The van der Waals surface area contributed by atoms with Gasteiger partial charge in [0.15, 0.2) is 11.4 Å². The van der Waals surface area contributed by atoms with Gasteiger partial charge in [0.1, 0.15) is 13.1 Å². The van der Waals surface area contributed by atoms with Crippen LogP contribution in [0.5, 0.6) is 0 Å². The molecule has 0 amide bonds. The second-order valence-electron chi connectivity index (χ2n) is 14.4. The molecule has 2 aromatic heterocycles. The summed E-state index contributed by atoms with van der Waals surface area (Å²) in [6, 6.07) is 0. The molecule has 0 fully saturated rings. The third kappa shape index (κ3) is 24.9. The molecule has 0 aliphatic heterocycles. The van der Waals surface area contributed by atoms with Crippen LogP contribution in [0.4, 0.5) is 0 Å². The molecule has 0 saturated carbocycles. The van der Waals surface area contributed by atoms with Crippen LogP contribution >= 0.6 is 22.7 Å². The third-order valence-corrected chi connectivity index (χ3v) is 12.3. The van der Waals surface area contributed by atoms with E-state index < -0.39 is 0 Å². The molecule has 0 aromatic carbocycles. The van der Waals surface area contributed by atoms with Gasteiger partial charge in [-0.2, -0.15) is 9.13 Å². The highest BCUT2D eigenvalue weighted by atomic mass is 127. The molecule has 6 nitrogen and oxygen atoms in total. The lowest BCUT2D eigenvalue weighted by atomic mass is 10.1. The van der Waals surface area contributed by atoms with E-state index in [1.165, 1.54) is 124 Å². The summed E-state index contributed by atoms with van der Waals surface area (Å²) in [5.41, 5.74) is 7.12. The van der Waals surface area contributed by atoms with Crippen molar-refractivity contribution in [1.82, 2.24) is 0 Å². The topological polar surface area (TPSA) is 60.4 Å². The highest BCUT2D eigenvalue weighted by molar-refractivity contribution is 7.09. The minimum Gasteiger partial charge on any atom is -1.00 e. The zero-order valence-electron chi connectivity index (χ0n) is 33.5. The molecule has 0 unspecified atom stereocenters. The van der Waals surface area contributed by atoms with Crippen molar-refractivity contribution >= 4 is 34.6 Å². The number of carbonyl (C=O) groups excluding carboxylic acids is 2. The summed E-state index contributed by atoms with van der Waals surface area (Å²) >= 11 is 3.58. The van der Waals surface area contributed by atoms with E-state index in [0.717, 1.165) is 64.5 Å². The van der Waals surface area contributed by atoms with Gasteiger partial charge >= 0.3 is 11.9 Å². The van der Waals surface area contributed by atoms with Gasteiger partial charge in [0, 0.05) is 52.4 Å². The van der Waals surface area contributed by atoms with Gasteiger partial charge in [0.2, 0.25) is 11.0 Å². The molecule has 2 aromatic rings. The molecule has 10 heteroatoms. The standard InChI is InChI=1S/C42H74N2O4S2.2HI/c1-5-7-9-11-13-17-21-25-31-43-35-49-39(37(43)3)29-33-47-41(45)27-23-19-15-16-20-24-28-42(46)48-34-30-40-38(4)44(36-50-40)32-26-22-18-14-12-10-8-6-2;;/h35-36H,5-34H2,1-4H3;2*1H/q+2;;/p-2. The van der Waals surface area contributed by atoms with E-state index >= 15 is 0 Å². The molecular formula is C42H74I2N2O4S2. The number of aromatic nitrogens is 2. The van der Waals surface area contributed by atoms with Gasteiger partial charge in [-0.15, -0.1) is 0 Å². The summed E-state index contributed by atoms with van der Waals surface area (Å²) in [7, 11) is 0. The number of aryl methyl sites for hydroxylation is 2. The summed E-state index contributed by atoms with van der Waals surface area (Å²) in [5, 5.41) is 0. The highest BCUT2D eigenvalue weighted by Crippen LogP contribution is 2.16. The summed E-state index contributed by atoms with van der Waals surface area (Å²) in [6.45, 7) is 12.1. The molecule has 52 heavy (non-hydrogen) atoms. The Kier molecular flexibility index (Phi) is 34.9. The Hall–Kier alpha value is -0.340. The Labute approximate surface area is 361 Å². The number of halogens is 2. The second-order valence-corrected chi connectivity index (χ2v) is 16.2. The number of carbonyl (C=O) groups is 2. The fourth-order valence-corrected chi connectivity index (χ4v) is 8.58. The lowest BCUT2D eigenvalue weighted by Gasteiger charge is -2.05. The molecule has 0 radical (unpaired) electrons. The number of rotatable bonds is 33. The van der Waals surface area contributed by atoms with Gasteiger partial charge < -0.3 is 57.4 Å². The first-order chi connectivity index (χ1) is 24.5. The first-order valence-corrected chi connectivity index (χ1v) is 22.5. The normalized spacial score (nSPS) is 10.9. The lowest BCUT2D eigenvalue weighted by molar-refractivity contribution is -0.698. The van der Waals surface area contributed by atoms with Gasteiger partial charge in [-0.3, -0.25) is 9.59 Å². The largest absolute Gasteiger partial charge is 1.00 e. The van der Waals surface area contributed by atoms with Crippen LogP contribution in [0.15, 0.2) is 11.0 Å². The van der Waals surface area contributed by atoms with Crippen LogP contribution in [0, 0.1) is 13.8 Å². The van der Waals surface area contributed by atoms with Crippen molar-refractivity contribution in [2.75, 3.05) is 13.2 Å². The van der Waals surface area contributed by atoms with Gasteiger partial charge in [-0.05, 0) is 25.7 Å². The van der Waals surface area contributed by atoms with Crippen LogP contribution in [0.2, 0.25) is 0 Å². The molecule has 0 aliphatic carbocycles. The van der Waals surface area contributed by atoms with E-state index in [1.54, 1.807) is 22.7 Å². The Morgan fingerprint density at radius 3 is 1.15 bits per heavy atom. The molecule has 2 rings (SSSR count). The maximum Gasteiger partial charge on any atom is 0.305 e. The van der Waals surface area contributed by atoms with Gasteiger partial charge in [-0.25, -0.2) is 0 Å². The van der Waals surface area contributed by atoms with Crippen molar-refractivity contribution in [2.24, 2.45) is 0 Å². The first-order valence-electron chi connectivity index (χ1n) is 20.7. The fraction of sp³-hybridized carbons (Fsp3) is 0.810. The number of thiazole rings is 2. The molecule has 0 spiro atoms.